The molecular weight excluding hydrogens is 756 g/mol. The lowest BCUT2D eigenvalue weighted by molar-refractivity contribution is -0.870. The van der Waals surface area contributed by atoms with Crippen LogP contribution in [0, 0.1) is 0 Å². The normalized spacial score (nSPS) is 14.4. The fourth-order valence-corrected chi connectivity index (χ4v) is 8.13. The van der Waals surface area contributed by atoms with E-state index < -0.39 is 20.0 Å². The predicted molar refractivity (Wildman–Crippen MR) is 254 cm³/mol. The molecule has 3 atom stereocenters. The van der Waals surface area contributed by atoms with Crippen LogP contribution >= 0.6 is 7.82 Å². The first-order valence-corrected chi connectivity index (χ1v) is 26.7. The summed E-state index contributed by atoms with van der Waals surface area (Å²) < 4.78 is 23.5. The molecule has 0 aromatic heterocycles. The number of nitrogens with zero attached hydrogens (tertiary/aromatic N) is 1. The van der Waals surface area contributed by atoms with Crippen LogP contribution in [0.3, 0.4) is 0 Å². The SMILES string of the molecule is CCCCCCCCC/C=C/C(O)C(COP(=O)(O)OCC[N+](C)(C)C)NC(=O)CCCCCCCCCCCCCC/C=C\CCCCCCCCCCCCCC. The van der Waals surface area contributed by atoms with E-state index in [1.54, 1.807) is 6.08 Å². The highest BCUT2D eigenvalue weighted by Gasteiger charge is 2.27. The first-order chi connectivity index (χ1) is 28.5. The highest BCUT2D eigenvalue weighted by atomic mass is 31.2. The van der Waals surface area contributed by atoms with Crippen LogP contribution in [0.5, 0.6) is 0 Å². The molecule has 0 fully saturated rings. The van der Waals surface area contributed by atoms with Crippen LogP contribution in [0.2, 0.25) is 0 Å². The van der Waals surface area contributed by atoms with E-state index in [2.05, 4.69) is 31.3 Å². The first-order valence-electron chi connectivity index (χ1n) is 25.2. The standard InChI is InChI=1S/C50H99N2O6P/c1-6-8-10-12-14-16-17-18-19-20-21-22-23-24-25-26-27-28-29-30-31-32-33-34-36-38-40-42-44-50(54)51-48(47-58-59(55,56)57-46-45-52(3,4)5)49(53)43-41-39-37-35-15-13-11-9-7-2/h24-25,41,43,48-49,53H,6-23,26-40,42,44-47H2,1-5H3,(H-,51,54,55,56)/p+1/b25-24-,43-41+. The van der Waals surface area contributed by atoms with Gasteiger partial charge in [0.2, 0.25) is 5.91 Å². The van der Waals surface area contributed by atoms with Crippen LogP contribution in [0.25, 0.3) is 0 Å². The van der Waals surface area contributed by atoms with Crippen molar-refractivity contribution in [2.45, 2.75) is 251 Å². The summed E-state index contributed by atoms with van der Waals surface area (Å²) in [6, 6.07) is -0.842. The molecule has 8 nitrogen and oxygen atoms in total. The number of unbranched alkanes of at least 4 members (excludes halogenated alkanes) is 31. The van der Waals surface area contributed by atoms with E-state index in [-0.39, 0.29) is 19.1 Å². The Balaban J connectivity index is 4.03. The second-order valence-corrected chi connectivity index (χ2v) is 20.0. The van der Waals surface area contributed by atoms with Gasteiger partial charge in [0.25, 0.3) is 0 Å². The highest BCUT2D eigenvalue weighted by molar-refractivity contribution is 7.47. The number of carbonyl (C=O) groups excluding carboxylic acids is 1. The maximum Gasteiger partial charge on any atom is 0.472 e. The van der Waals surface area contributed by atoms with E-state index >= 15 is 0 Å². The summed E-state index contributed by atoms with van der Waals surface area (Å²) >= 11 is 0. The Labute approximate surface area is 366 Å². The molecule has 0 radical (unpaired) electrons. The van der Waals surface area contributed by atoms with Crippen molar-refractivity contribution in [3.05, 3.63) is 24.3 Å². The third-order valence-electron chi connectivity index (χ3n) is 11.4. The van der Waals surface area contributed by atoms with E-state index in [0.717, 1.165) is 38.5 Å². The average Bonchev–Trinajstić information content (AvgIpc) is 3.19. The van der Waals surface area contributed by atoms with Crippen molar-refractivity contribution < 1.29 is 32.9 Å². The Hall–Kier alpha value is -1.02. The fourth-order valence-electron chi connectivity index (χ4n) is 7.39. The van der Waals surface area contributed by atoms with Crippen molar-refractivity contribution in [2.24, 2.45) is 0 Å². The van der Waals surface area contributed by atoms with Crippen LogP contribution in [0.4, 0.5) is 0 Å². The van der Waals surface area contributed by atoms with Crippen molar-refractivity contribution in [1.82, 2.24) is 5.32 Å². The number of allylic oxidation sites excluding steroid dienone is 3. The fraction of sp³-hybridized carbons (Fsp3) is 0.900. The summed E-state index contributed by atoms with van der Waals surface area (Å²) in [5, 5.41) is 13.8. The van der Waals surface area contributed by atoms with Crippen molar-refractivity contribution in [2.75, 3.05) is 40.9 Å². The third kappa shape index (κ3) is 44.8. The lowest BCUT2D eigenvalue weighted by atomic mass is 10.0. The third-order valence-corrected chi connectivity index (χ3v) is 12.4. The molecule has 0 aliphatic heterocycles. The van der Waals surface area contributed by atoms with Crippen LogP contribution in [0.1, 0.15) is 239 Å². The van der Waals surface area contributed by atoms with Crippen LogP contribution in [-0.4, -0.2) is 73.4 Å². The molecule has 1 amide bonds. The molecule has 0 spiro atoms. The predicted octanol–water partition coefficient (Wildman–Crippen LogP) is 14.5. The number of aliphatic hydroxyl groups is 1. The lowest BCUT2D eigenvalue weighted by Gasteiger charge is -2.25. The summed E-state index contributed by atoms with van der Waals surface area (Å²) in [6.07, 6.45) is 51.4. The van der Waals surface area contributed by atoms with Gasteiger partial charge < -0.3 is 19.8 Å². The minimum Gasteiger partial charge on any atom is -0.387 e. The smallest absolute Gasteiger partial charge is 0.387 e. The Kier molecular flexibility index (Phi) is 41.6. The number of likely N-dealkylation sites (N-methyl/N-ethyl adjacent to an activating group) is 1. The molecular formula is C50H100N2O6P+. The molecule has 0 aliphatic carbocycles. The minimum atomic E-state index is -4.33. The van der Waals surface area contributed by atoms with Gasteiger partial charge in [0.05, 0.1) is 39.9 Å². The number of carbonyl (C=O) groups is 1. The van der Waals surface area contributed by atoms with Crippen molar-refractivity contribution in [3.8, 4) is 0 Å². The van der Waals surface area contributed by atoms with Gasteiger partial charge in [-0.1, -0.05) is 212 Å². The molecule has 0 bridgehead atoms. The number of phosphoric ester groups is 1. The van der Waals surface area contributed by atoms with Gasteiger partial charge in [-0.3, -0.25) is 13.8 Å². The molecule has 0 aliphatic rings. The van der Waals surface area contributed by atoms with Gasteiger partial charge in [-0.2, -0.15) is 0 Å². The van der Waals surface area contributed by atoms with Gasteiger partial charge in [-0.15, -0.1) is 0 Å². The lowest BCUT2D eigenvalue weighted by Crippen LogP contribution is -2.45. The van der Waals surface area contributed by atoms with E-state index in [1.165, 1.54) is 180 Å². The van der Waals surface area contributed by atoms with Crippen LogP contribution < -0.4 is 5.32 Å². The van der Waals surface area contributed by atoms with Crippen LogP contribution in [0.15, 0.2) is 24.3 Å². The van der Waals surface area contributed by atoms with E-state index in [1.807, 2.05) is 27.2 Å². The Morgan fingerprint density at radius 1 is 0.559 bits per heavy atom. The molecule has 3 unspecified atom stereocenters. The van der Waals surface area contributed by atoms with Crippen molar-refractivity contribution in [3.63, 3.8) is 0 Å². The molecule has 0 saturated heterocycles. The second-order valence-electron chi connectivity index (χ2n) is 18.5. The Bertz CT molecular complexity index is 1020. The van der Waals surface area contributed by atoms with Gasteiger partial charge in [0.1, 0.15) is 13.2 Å². The van der Waals surface area contributed by atoms with Crippen molar-refractivity contribution >= 4 is 13.7 Å². The summed E-state index contributed by atoms with van der Waals surface area (Å²) in [7, 11) is 1.58. The summed E-state index contributed by atoms with van der Waals surface area (Å²) in [4.78, 5) is 23.1. The molecule has 9 heteroatoms. The topological polar surface area (TPSA) is 105 Å². The summed E-state index contributed by atoms with van der Waals surface area (Å²) in [6.45, 7) is 4.80. The zero-order chi connectivity index (χ0) is 43.6. The summed E-state index contributed by atoms with van der Waals surface area (Å²) in [5.41, 5.74) is 0. The highest BCUT2D eigenvalue weighted by Crippen LogP contribution is 2.43. The molecule has 0 rings (SSSR count). The number of hydrogen-bond donors (Lipinski definition) is 3. The van der Waals surface area contributed by atoms with Gasteiger partial charge in [-0.05, 0) is 44.9 Å². The van der Waals surface area contributed by atoms with E-state index in [0.29, 0.717) is 17.4 Å². The first kappa shape index (κ1) is 58.0. The number of aliphatic hydroxyl groups excluding tert-OH is 1. The van der Waals surface area contributed by atoms with Gasteiger partial charge in [0.15, 0.2) is 0 Å². The number of amides is 1. The van der Waals surface area contributed by atoms with E-state index in [9.17, 15) is 19.4 Å². The largest absolute Gasteiger partial charge is 0.472 e. The zero-order valence-electron chi connectivity index (χ0n) is 39.8. The zero-order valence-corrected chi connectivity index (χ0v) is 40.7. The van der Waals surface area contributed by atoms with Crippen molar-refractivity contribution in [1.29, 1.82) is 0 Å². The number of rotatable bonds is 46. The molecule has 3 N–H and O–H groups in total. The number of quaternary nitrogens is 1. The molecule has 350 valence electrons. The number of phosphoric acid groups is 1. The quantitative estimate of drug-likeness (QED) is 0.0244. The van der Waals surface area contributed by atoms with Crippen LogP contribution in [-0.2, 0) is 18.4 Å². The monoisotopic (exact) mass is 856 g/mol. The Morgan fingerprint density at radius 3 is 1.31 bits per heavy atom. The number of nitrogens with one attached hydrogen (secondary N) is 1. The maximum absolute atomic E-state index is 12.9. The average molecular weight is 856 g/mol. The maximum atomic E-state index is 12.9. The number of hydrogen-bond acceptors (Lipinski definition) is 5. The molecule has 0 aromatic carbocycles. The minimum absolute atomic E-state index is 0.0625. The second kappa shape index (κ2) is 42.3. The summed E-state index contributed by atoms with van der Waals surface area (Å²) in [5.74, 6) is -0.178. The van der Waals surface area contributed by atoms with Gasteiger partial charge >= 0.3 is 7.82 Å². The molecule has 0 aromatic rings. The van der Waals surface area contributed by atoms with E-state index in [4.69, 9.17) is 9.05 Å². The Morgan fingerprint density at radius 2 is 0.915 bits per heavy atom. The molecule has 0 heterocycles. The molecule has 0 saturated carbocycles. The van der Waals surface area contributed by atoms with Gasteiger partial charge in [-0.25, -0.2) is 4.57 Å². The van der Waals surface area contributed by atoms with Gasteiger partial charge in [0, 0.05) is 6.42 Å². The molecule has 59 heavy (non-hydrogen) atoms.